The lowest BCUT2D eigenvalue weighted by Crippen LogP contribution is -2.62. The van der Waals surface area contributed by atoms with E-state index in [2.05, 4.69) is 15.9 Å². The summed E-state index contributed by atoms with van der Waals surface area (Å²) in [6, 6.07) is 0. The first-order chi connectivity index (χ1) is 6.26. The zero-order valence-electron chi connectivity index (χ0n) is 8.71. The molecule has 1 saturated heterocycles. The minimum atomic E-state index is -0.457. The van der Waals surface area contributed by atoms with E-state index in [0.717, 1.165) is 0 Å². The quantitative estimate of drug-likeness (QED) is 0.729. The van der Waals surface area contributed by atoms with Crippen LogP contribution in [0.4, 0.5) is 4.79 Å². The molecule has 4 nitrogen and oxygen atoms in total. The third kappa shape index (κ3) is 2.85. The standard InChI is InChI=1S/C9H16BrNO3/c1-8(2,3)14-7(13)11-4-9(10,5-11)6-12/h12H,4-6H2,1-3H3. The van der Waals surface area contributed by atoms with E-state index in [4.69, 9.17) is 9.84 Å². The maximum atomic E-state index is 11.4. The molecule has 1 amide bonds. The number of ether oxygens (including phenoxy) is 1. The summed E-state index contributed by atoms with van der Waals surface area (Å²) in [6.07, 6.45) is -0.318. The zero-order valence-corrected chi connectivity index (χ0v) is 10.3. The van der Waals surface area contributed by atoms with Gasteiger partial charge in [0.25, 0.3) is 0 Å². The van der Waals surface area contributed by atoms with Crippen LogP contribution >= 0.6 is 15.9 Å². The molecule has 5 heteroatoms. The Morgan fingerprint density at radius 2 is 2.07 bits per heavy atom. The number of alkyl halides is 1. The molecule has 0 saturated carbocycles. The summed E-state index contributed by atoms with van der Waals surface area (Å²) in [5.74, 6) is 0. The zero-order chi connectivity index (χ0) is 11.0. The lowest BCUT2D eigenvalue weighted by molar-refractivity contribution is -0.000738. The van der Waals surface area contributed by atoms with Gasteiger partial charge >= 0.3 is 6.09 Å². The van der Waals surface area contributed by atoms with Crippen molar-refractivity contribution in [2.24, 2.45) is 0 Å². The Morgan fingerprint density at radius 1 is 1.57 bits per heavy atom. The number of carbonyl (C=O) groups excluding carboxylic acids is 1. The fourth-order valence-electron chi connectivity index (χ4n) is 1.19. The number of hydrogen-bond acceptors (Lipinski definition) is 3. The number of likely N-dealkylation sites (tertiary alicyclic amines) is 1. The van der Waals surface area contributed by atoms with Gasteiger partial charge in [-0.15, -0.1) is 0 Å². The number of carbonyl (C=O) groups is 1. The lowest BCUT2D eigenvalue weighted by Gasteiger charge is -2.45. The average Bonchev–Trinajstić information content (AvgIpc) is 1.95. The maximum Gasteiger partial charge on any atom is 0.410 e. The molecule has 0 aromatic rings. The van der Waals surface area contributed by atoms with Crippen LogP contribution in [-0.4, -0.2) is 45.7 Å². The third-order valence-electron chi connectivity index (χ3n) is 1.88. The van der Waals surface area contributed by atoms with Crippen molar-refractivity contribution in [1.82, 2.24) is 4.90 Å². The normalized spacial score (nSPS) is 20.2. The Morgan fingerprint density at radius 3 is 2.43 bits per heavy atom. The molecule has 0 atom stereocenters. The molecule has 0 aromatic heterocycles. The van der Waals surface area contributed by atoms with Gasteiger partial charge in [-0.3, -0.25) is 0 Å². The van der Waals surface area contributed by atoms with Gasteiger partial charge in [0.05, 0.1) is 10.9 Å². The number of aliphatic hydroxyl groups excluding tert-OH is 1. The first-order valence-electron chi connectivity index (χ1n) is 4.53. The van der Waals surface area contributed by atoms with Gasteiger partial charge in [0.2, 0.25) is 0 Å². The topological polar surface area (TPSA) is 49.8 Å². The predicted molar refractivity (Wildman–Crippen MR) is 56.6 cm³/mol. The van der Waals surface area contributed by atoms with Crippen molar-refractivity contribution in [2.75, 3.05) is 19.7 Å². The van der Waals surface area contributed by atoms with Crippen LogP contribution in [-0.2, 0) is 4.74 Å². The summed E-state index contributed by atoms with van der Waals surface area (Å²) in [5.41, 5.74) is -0.457. The maximum absolute atomic E-state index is 11.4. The monoisotopic (exact) mass is 265 g/mol. The van der Waals surface area contributed by atoms with Crippen molar-refractivity contribution in [3.63, 3.8) is 0 Å². The molecule has 1 aliphatic heterocycles. The molecule has 0 aromatic carbocycles. The molecule has 0 spiro atoms. The number of halogens is 1. The van der Waals surface area contributed by atoms with Crippen molar-refractivity contribution in [2.45, 2.75) is 30.7 Å². The molecule has 1 aliphatic rings. The van der Waals surface area contributed by atoms with Crippen LogP contribution in [0.25, 0.3) is 0 Å². The van der Waals surface area contributed by atoms with Crippen LogP contribution in [0.1, 0.15) is 20.8 Å². The number of nitrogens with zero attached hydrogens (tertiary/aromatic N) is 1. The number of amides is 1. The van der Waals surface area contributed by atoms with Crippen molar-refractivity contribution in [1.29, 1.82) is 0 Å². The molecule has 0 bridgehead atoms. The van der Waals surface area contributed by atoms with Crippen molar-refractivity contribution >= 4 is 22.0 Å². The molecule has 1 fully saturated rings. The summed E-state index contributed by atoms with van der Waals surface area (Å²) in [5, 5.41) is 8.95. The Bertz CT molecular complexity index is 231. The predicted octanol–water partition coefficient (Wildman–Crippen LogP) is 1.36. The molecule has 14 heavy (non-hydrogen) atoms. The number of aliphatic hydroxyl groups is 1. The Labute approximate surface area is 92.3 Å². The molecule has 1 rings (SSSR count). The van der Waals surface area contributed by atoms with Crippen molar-refractivity contribution in [3.05, 3.63) is 0 Å². The van der Waals surface area contributed by atoms with Gasteiger partial charge in [0.15, 0.2) is 0 Å². The average molecular weight is 266 g/mol. The first kappa shape index (κ1) is 11.8. The SMILES string of the molecule is CC(C)(C)OC(=O)N1CC(Br)(CO)C1. The molecule has 0 unspecified atom stereocenters. The Balaban J connectivity index is 2.37. The molecular formula is C9H16BrNO3. The molecule has 82 valence electrons. The van der Waals surface area contributed by atoms with Gasteiger partial charge in [-0.1, -0.05) is 15.9 Å². The van der Waals surface area contributed by atoms with Crippen molar-refractivity contribution in [3.8, 4) is 0 Å². The van der Waals surface area contributed by atoms with Crippen LogP contribution in [0, 0.1) is 0 Å². The summed E-state index contributed by atoms with van der Waals surface area (Å²) >= 11 is 3.36. The van der Waals surface area contributed by atoms with Crippen LogP contribution in [0.15, 0.2) is 0 Å². The highest BCUT2D eigenvalue weighted by Gasteiger charge is 2.44. The first-order valence-corrected chi connectivity index (χ1v) is 5.33. The number of hydrogen-bond donors (Lipinski definition) is 1. The molecule has 1 N–H and O–H groups in total. The fraction of sp³-hybridized carbons (Fsp3) is 0.889. The molecule has 0 aliphatic carbocycles. The summed E-state index contributed by atoms with van der Waals surface area (Å²) in [7, 11) is 0. The molecule has 0 radical (unpaired) electrons. The van der Waals surface area contributed by atoms with E-state index in [9.17, 15) is 4.79 Å². The van der Waals surface area contributed by atoms with Gasteiger partial charge in [-0.25, -0.2) is 4.79 Å². The lowest BCUT2D eigenvalue weighted by atomic mass is 10.0. The highest BCUT2D eigenvalue weighted by Crippen LogP contribution is 2.30. The fourth-order valence-corrected chi connectivity index (χ4v) is 1.80. The highest BCUT2D eigenvalue weighted by molar-refractivity contribution is 9.10. The molecular weight excluding hydrogens is 250 g/mol. The van der Waals surface area contributed by atoms with Crippen LogP contribution in [0.5, 0.6) is 0 Å². The minimum Gasteiger partial charge on any atom is -0.444 e. The second-order valence-corrected chi connectivity index (χ2v) is 6.33. The van der Waals surface area contributed by atoms with E-state index >= 15 is 0 Å². The van der Waals surface area contributed by atoms with Gasteiger partial charge in [0.1, 0.15) is 5.60 Å². The smallest absolute Gasteiger partial charge is 0.410 e. The third-order valence-corrected chi connectivity index (χ3v) is 2.64. The Hall–Kier alpha value is -0.290. The van der Waals surface area contributed by atoms with E-state index in [0.29, 0.717) is 13.1 Å². The van der Waals surface area contributed by atoms with E-state index < -0.39 is 5.60 Å². The van der Waals surface area contributed by atoms with Gasteiger partial charge < -0.3 is 14.7 Å². The van der Waals surface area contributed by atoms with Crippen LogP contribution in [0.2, 0.25) is 0 Å². The highest BCUT2D eigenvalue weighted by atomic mass is 79.9. The summed E-state index contributed by atoms with van der Waals surface area (Å²) in [4.78, 5) is 13.0. The van der Waals surface area contributed by atoms with E-state index in [1.807, 2.05) is 20.8 Å². The van der Waals surface area contributed by atoms with Gasteiger partial charge in [-0.05, 0) is 20.8 Å². The number of rotatable bonds is 1. The van der Waals surface area contributed by atoms with E-state index in [-0.39, 0.29) is 17.0 Å². The molecule has 1 heterocycles. The Kier molecular flexibility index (Phi) is 3.11. The van der Waals surface area contributed by atoms with Crippen molar-refractivity contribution < 1.29 is 14.6 Å². The van der Waals surface area contributed by atoms with Crippen LogP contribution < -0.4 is 0 Å². The summed E-state index contributed by atoms with van der Waals surface area (Å²) < 4.78 is 4.85. The largest absolute Gasteiger partial charge is 0.444 e. The summed E-state index contributed by atoms with van der Waals surface area (Å²) in [6.45, 7) is 6.53. The minimum absolute atomic E-state index is 0.0340. The van der Waals surface area contributed by atoms with Gasteiger partial charge in [0, 0.05) is 13.1 Å². The van der Waals surface area contributed by atoms with E-state index in [1.54, 1.807) is 4.90 Å². The second-order valence-electron chi connectivity index (χ2n) is 4.65. The van der Waals surface area contributed by atoms with Crippen LogP contribution in [0.3, 0.4) is 0 Å². The van der Waals surface area contributed by atoms with E-state index in [1.165, 1.54) is 0 Å². The van der Waals surface area contributed by atoms with Gasteiger partial charge in [-0.2, -0.15) is 0 Å². The second kappa shape index (κ2) is 3.70.